The van der Waals surface area contributed by atoms with Crippen molar-refractivity contribution in [1.82, 2.24) is 10.7 Å². The minimum absolute atomic E-state index is 0.0957. The highest BCUT2D eigenvalue weighted by Gasteiger charge is 2.14. The fourth-order valence-electron chi connectivity index (χ4n) is 2.93. The summed E-state index contributed by atoms with van der Waals surface area (Å²) in [5.41, 5.74) is 6.80. The first kappa shape index (κ1) is 22.5. The van der Waals surface area contributed by atoms with Gasteiger partial charge in [-0.2, -0.15) is 5.10 Å². The molecule has 3 rings (SSSR count). The van der Waals surface area contributed by atoms with Gasteiger partial charge in [0, 0.05) is 25.3 Å². The summed E-state index contributed by atoms with van der Waals surface area (Å²) in [5.74, 6) is -0.893. The highest BCUT2D eigenvalue weighted by molar-refractivity contribution is 6.05. The third-order valence-electron chi connectivity index (χ3n) is 4.81. The predicted octanol–water partition coefficient (Wildman–Crippen LogP) is 3.98. The highest BCUT2D eigenvalue weighted by Crippen LogP contribution is 2.14. The van der Waals surface area contributed by atoms with Crippen molar-refractivity contribution in [3.63, 3.8) is 0 Å². The molecule has 0 aliphatic heterocycles. The zero-order chi connectivity index (χ0) is 22.9. The van der Waals surface area contributed by atoms with Crippen molar-refractivity contribution in [2.75, 3.05) is 19.0 Å². The Morgan fingerprint density at radius 2 is 1.53 bits per heavy atom. The molecular weight excluding hydrogens is 400 g/mol. The lowest BCUT2D eigenvalue weighted by atomic mass is 10.1. The van der Waals surface area contributed by atoms with E-state index in [1.165, 1.54) is 0 Å². The molecule has 0 radical (unpaired) electrons. The van der Waals surface area contributed by atoms with Crippen LogP contribution in [-0.2, 0) is 4.79 Å². The summed E-state index contributed by atoms with van der Waals surface area (Å²) in [5, 5.41) is 6.76. The minimum atomic E-state index is -0.518. The summed E-state index contributed by atoms with van der Waals surface area (Å²) >= 11 is 0. The van der Waals surface area contributed by atoms with Crippen LogP contribution in [0.1, 0.15) is 27.0 Å². The van der Waals surface area contributed by atoms with Gasteiger partial charge in [0.1, 0.15) is 5.70 Å². The molecule has 0 fully saturated rings. The molecule has 32 heavy (non-hydrogen) atoms. The molecule has 0 saturated heterocycles. The summed E-state index contributed by atoms with van der Waals surface area (Å²) in [4.78, 5) is 27.5. The quantitative estimate of drug-likeness (QED) is 0.341. The SMILES string of the molecule is Cc1ccccc1/C=N/NC(=O)/C(=C/c1ccc(N(C)C)cc1)NC(=O)c1ccccc1. The fraction of sp³-hybridized carbons (Fsp3) is 0.115. The molecule has 3 aromatic carbocycles. The number of anilines is 1. The van der Waals surface area contributed by atoms with Gasteiger partial charge in [-0.3, -0.25) is 9.59 Å². The Hall–Kier alpha value is -4.19. The zero-order valence-corrected chi connectivity index (χ0v) is 18.4. The molecule has 6 heteroatoms. The third-order valence-corrected chi connectivity index (χ3v) is 4.81. The van der Waals surface area contributed by atoms with Gasteiger partial charge >= 0.3 is 0 Å². The molecule has 0 aromatic heterocycles. The third kappa shape index (κ3) is 6.15. The number of hydrogen-bond acceptors (Lipinski definition) is 4. The first-order chi connectivity index (χ1) is 15.4. The standard InChI is InChI=1S/C26H26N4O2/c1-19-9-7-8-12-22(19)18-27-29-26(32)24(28-25(31)21-10-5-4-6-11-21)17-20-13-15-23(16-14-20)30(2)3/h4-18H,1-3H3,(H,28,31)(H,29,32)/b24-17-,27-18+. The van der Waals surface area contributed by atoms with E-state index in [0.29, 0.717) is 5.56 Å². The number of carbonyl (C=O) groups is 2. The lowest BCUT2D eigenvalue weighted by Crippen LogP contribution is -2.32. The Labute approximate surface area is 188 Å². The van der Waals surface area contributed by atoms with Crippen LogP contribution in [0.5, 0.6) is 0 Å². The van der Waals surface area contributed by atoms with Crippen LogP contribution >= 0.6 is 0 Å². The molecule has 0 aliphatic rings. The van der Waals surface area contributed by atoms with Crippen molar-refractivity contribution in [3.05, 3.63) is 107 Å². The molecule has 162 valence electrons. The fourth-order valence-corrected chi connectivity index (χ4v) is 2.93. The van der Waals surface area contributed by atoms with Gasteiger partial charge in [0.2, 0.25) is 0 Å². The molecule has 0 bridgehead atoms. The monoisotopic (exact) mass is 426 g/mol. The topological polar surface area (TPSA) is 73.8 Å². The molecule has 2 amide bonds. The van der Waals surface area contributed by atoms with Crippen molar-refractivity contribution in [1.29, 1.82) is 0 Å². The van der Waals surface area contributed by atoms with Gasteiger partial charge in [-0.05, 0) is 54.0 Å². The van der Waals surface area contributed by atoms with E-state index in [-0.39, 0.29) is 11.6 Å². The lowest BCUT2D eigenvalue weighted by molar-refractivity contribution is -0.117. The second-order valence-corrected chi connectivity index (χ2v) is 7.42. The van der Waals surface area contributed by atoms with Gasteiger partial charge in [0.25, 0.3) is 11.8 Å². The molecule has 6 nitrogen and oxygen atoms in total. The number of hydrazone groups is 1. The first-order valence-electron chi connectivity index (χ1n) is 10.2. The summed E-state index contributed by atoms with van der Waals surface area (Å²) in [6, 6.07) is 24.1. The minimum Gasteiger partial charge on any atom is -0.378 e. The largest absolute Gasteiger partial charge is 0.378 e. The van der Waals surface area contributed by atoms with Crippen LogP contribution in [0.4, 0.5) is 5.69 Å². The average Bonchev–Trinajstić information content (AvgIpc) is 2.80. The Bertz CT molecular complexity index is 1130. The Morgan fingerprint density at radius 3 is 2.19 bits per heavy atom. The van der Waals surface area contributed by atoms with E-state index < -0.39 is 5.91 Å². The molecule has 0 heterocycles. The molecule has 3 aromatic rings. The van der Waals surface area contributed by atoms with E-state index in [9.17, 15) is 9.59 Å². The Kier molecular flexibility index (Phi) is 7.54. The van der Waals surface area contributed by atoms with Gasteiger partial charge in [-0.15, -0.1) is 0 Å². The summed E-state index contributed by atoms with van der Waals surface area (Å²) in [7, 11) is 3.91. The Balaban J connectivity index is 1.82. The van der Waals surface area contributed by atoms with E-state index in [1.54, 1.807) is 36.6 Å². The number of nitrogens with zero attached hydrogens (tertiary/aromatic N) is 2. The number of hydrogen-bond donors (Lipinski definition) is 2. The van der Waals surface area contributed by atoms with Gasteiger partial charge in [-0.25, -0.2) is 5.43 Å². The van der Waals surface area contributed by atoms with Crippen LogP contribution in [0.2, 0.25) is 0 Å². The first-order valence-corrected chi connectivity index (χ1v) is 10.2. The Morgan fingerprint density at radius 1 is 0.875 bits per heavy atom. The molecule has 0 spiro atoms. The van der Waals surface area contributed by atoms with Gasteiger partial charge in [0.05, 0.1) is 6.21 Å². The van der Waals surface area contributed by atoms with E-state index in [1.807, 2.05) is 80.5 Å². The number of carbonyl (C=O) groups excluding carboxylic acids is 2. The summed E-state index contributed by atoms with van der Waals surface area (Å²) in [6.45, 7) is 1.96. The van der Waals surface area contributed by atoms with Crippen molar-refractivity contribution in [2.24, 2.45) is 5.10 Å². The van der Waals surface area contributed by atoms with Crippen LogP contribution < -0.4 is 15.6 Å². The summed E-state index contributed by atoms with van der Waals surface area (Å²) < 4.78 is 0. The second-order valence-electron chi connectivity index (χ2n) is 7.42. The molecular formula is C26H26N4O2. The van der Waals surface area contributed by atoms with E-state index in [4.69, 9.17) is 0 Å². The highest BCUT2D eigenvalue weighted by atomic mass is 16.2. The summed E-state index contributed by atoms with van der Waals surface area (Å²) in [6.07, 6.45) is 3.20. The van der Waals surface area contributed by atoms with Crippen LogP contribution in [0.3, 0.4) is 0 Å². The van der Waals surface area contributed by atoms with Crippen molar-refractivity contribution in [3.8, 4) is 0 Å². The number of aryl methyl sites for hydroxylation is 1. The number of rotatable bonds is 7. The van der Waals surface area contributed by atoms with Gasteiger partial charge in [-0.1, -0.05) is 54.6 Å². The second kappa shape index (κ2) is 10.7. The van der Waals surface area contributed by atoms with Crippen LogP contribution in [0, 0.1) is 6.92 Å². The molecule has 0 aliphatic carbocycles. The molecule has 0 atom stereocenters. The van der Waals surface area contributed by atoms with Crippen LogP contribution in [0.25, 0.3) is 6.08 Å². The normalized spacial score (nSPS) is 11.3. The average molecular weight is 427 g/mol. The maximum atomic E-state index is 12.8. The number of nitrogens with one attached hydrogen (secondary N) is 2. The van der Waals surface area contributed by atoms with E-state index >= 15 is 0 Å². The lowest BCUT2D eigenvalue weighted by Gasteiger charge is -2.12. The van der Waals surface area contributed by atoms with Crippen molar-refractivity contribution in [2.45, 2.75) is 6.92 Å². The van der Waals surface area contributed by atoms with Gasteiger partial charge < -0.3 is 10.2 Å². The smallest absolute Gasteiger partial charge is 0.287 e. The molecule has 0 saturated carbocycles. The van der Waals surface area contributed by atoms with Crippen molar-refractivity contribution < 1.29 is 9.59 Å². The maximum absolute atomic E-state index is 12.8. The number of benzene rings is 3. The zero-order valence-electron chi connectivity index (χ0n) is 18.4. The van der Waals surface area contributed by atoms with E-state index in [0.717, 1.165) is 22.4 Å². The molecule has 0 unspecified atom stereocenters. The van der Waals surface area contributed by atoms with Crippen LogP contribution in [0.15, 0.2) is 89.7 Å². The predicted molar refractivity (Wildman–Crippen MR) is 130 cm³/mol. The number of amides is 2. The van der Waals surface area contributed by atoms with Crippen LogP contribution in [-0.4, -0.2) is 32.1 Å². The van der Waals surface area contributed by atoms with Crippen molar-refractivity contribution >= 4 is 29.8 Å². The molecule has 2 N–H and O–H groups in total. The maximum Gasteiger partial charge on any atom is 0.287 e. The van der Waals surface area contributed by atoms with Gasteiger partial charge in [0.15, 0.2) is 0 Å². The van der Waals surface area contributed by atoms with E-state index in [2.05, 4.69) is 15.8 Å².